The Kier molecular flexibility index (Phi) is 9.10. The molecular formula is C26H36N2O3. The third kappa shape index (κ3) is 7.42. The summed E-state index contributed by atoms with van der Waals surface area (Å²) in [7, 11) is 0. The lowest BCUT2D eigenvalue weighted by Gasteiger charge is -2.30. The first-order chi connectivity index (χ1) is 14.8. The van der Waals surface area contributed by atoms with E-state index in [0.717, 1.165) is 12.0 Å². The molecule has 0 heterocycles. The topological polar surface area (TPSA) is 58.6 Å². The maximum Gasteiger partial charge on any atom is 0.261 e. The van der Waals surface area contributed by atoms with E-state index in [4.69, 9.17) is 4.74 Å². The van der Waals surface area contributed by atoms with Crippen LogP contribution >= 0.6 is 0 Å². The van der Waals surface area contributed by atoms with Crippen molar-refractivity contribution < 1.29 is 14.3 Å². The smallest absolute Gasteiger partial charge is 0.261 e. The molecule has 5 nitrogen and oxygen atoms in total. The van der Waals surface area contributed by atoms with E-state index < -0.39 is 6.04 Å². The minimum Gasteiger partial charge on any atom is -0.484 e. The molecule has 168 valence electrons. The highest BCUT2D eigenvalue weighted by Crippen LogP contribution is 2.24. The largest absolute Gasteiger partial charge is 0.484 e. The first-order valence-electron chi connectivity index (χ1n) is 11.1. The van der Waals surface area contributed by atoms with E-state index in [9.17, 15) is 9.59 Å². The molecular weight excluding hydrogens is 388 g/mol. The zero-order valence-electron chi connectivity index (χ0n) is 19.5. The summed E-state index contributed by atoms with van der Waals surface area (Å²) in [4.78, 5) is 27.5. The highest BCUT2D eigenvalue weighted by atomic mass is 16.5. The number of ether oxygens (including phenoxy) is 1. The van der Waals surface area contributed by atoms with Crippen molar-refractivity contribution in [2.75, 3.05) is 13.2 Å². The minimum atomic E-state index is -0.536. The van der Waals surface area contributed by atoms with Gasteiger partial charge in [0.15, 0.2) is 6.61 Å². The van der Waals surface area contributed by atoms with Crippen LogP contribution in [0.1, 0.15) is 58.6 Å². The molecule has 0 aliphatic carbocycles. The highest BCUT2D eigenvalue weighted by molar-refractivity contribution is 5.88. The average Bonchev–Trinajstić information content (AvgIpc) is 2.76. The lowest BCUT2D eigenvalue weighted by Crippen LogP contribution is -2.50. The molecule has 0 fully saturated rings. The quantitative estimate of drug-likeness (QED) is 0.602. The Labute approximate surface area is 186 Å². The van der Waals surface area contributed by atoms with Crippen LogP contribution in [0.15, 0.2) is 54.6 Å². The third-order valence-corrected chi connectivity index (χ3v) is 5.21. The third-order valence-electron chi connectivity index (χ3n) is 5.21. The molecule has 2 rings (SSSR count). The van der Waals surface area contributed by atoms with Crippen LogP contribution in [-0.2, 0) is 21.5 Å². The molecule has 2 amide bonds. The molecule has 2 aromatic rings. The van der Waals surface area contributed by atoms with Crippen LogP contribution in [0.5, 0.6) is 5.75 Å². The van der Waals surface area contributed by atoms with Gasteiger partial charge >= 0.3 is 0 Å². The fourth-order valence-electron chi connectivity index (χ4n) is 3.34. The standard InChI is InChI=1S/C26H36N2O3/c1-6-17-27-25(30)23(7-2)28(18-20-11-9-8-10-12-20)24(29)19-31-22-15-13-21(14-16-22)26(3,4)5/h8-16,23H,6-7,17-19H2,1-5H3,(H,27,30). The summed E-state index contributed by atoms with van der Waals surface area (Å²) >= 11 is 0. The van der Waals surface area contributed by atoms with Gasteiger partial charge in [-0.25, -0.2) is 0 Å². The van der Waals surface area contributed by atoms with Crippen molar-refractivity contribution in [3.63, 3.8) is 0 Å². The Morgan fingerprint density at radius 1 is 1.00 bits per heavy atom. The molecule has 1 N–H and O–H groups in total. The summed E-state index contributed by atoms with van der Waals surface area (Å²) in [5, 5.41) is 2.92. The van der Waals surface area contributed by atoms with Gasteiger partial charge in [-0.15, -0.1) is 0 Å². The lowest BCUT2D eigenvalue weighted by molar-refractivity contribution is -0.143. The van der Waals surface area contributed by atoms with E-state index in [1.807, 2.05) is 68.4 Å². The normalized spacial score (nSPS) is 12.2. The predicted molar refractivity (Wildman–Crippen MR) is 125 cm³/mol. The summed E-state index contributed by atoms with van der Waals surface area (Å²) in [6, 6.07) is 17.0. The Morgan fingerprint density at radius 2 is 1.65 bits per heavy atom. The van der Waals surface area contributed by atoms with Gasteiger partial charge in [0.1, 0.15) is 11.8 Å². The molecule has 0 saturated heterocycles. The van der Waals surface area contributed by atoms with Crippen LogP contribution in [0, 0.1) is 0 Å². The summed E-state index contributed by atoms with van der Waals surface area (Å²) in [6.45, 7) is 11.2. The first kappa shape index (κ1) is 24.4. The summed E-state index contributed by atoms with van der Waals surface area (Å²) in [5.41, 5.74) is 2.24. The van der Waals surface area contributed by atoms with E-state index in [1.54, 1.807) is 4.90 Å². The van der Waals surface area contributed by atoms with Gasteiger partial charge in [-0.05, 0) is 41.5 Å². The van der Waals surface area contributed by atoms with Gasteiger partial charge in [0.2, 0.25) is 5.91 Å². The van der Waals surface area contributed by atoms with Gasteiger partial charge in [0, 0.05) is 13.1 Å². The summed E-state index contributed by atoms with van der Waals surface area (Å²) < 4.78 is 5.79. The van der Waals surface area contributed by atoms with E-state index in [-0.39, 0.29) is 23.8 Å². The average molecular weight is 425 g/mol. The molecule has 5 heteroatoms. The first-order valence-corrected chi connectivity index (χ1v) is 11.1. The van der Waals surface area contributed by atoms with Crippen molar-refractivity contribution in [3.8, 4) is 5.75 Å². The lowest BCUT2D eigenvalue weighted by atomic mass is 9.87. The monoisotopic (exact) mass is 424 g/mol. The molecule has 0 spiro atoms. The number of amides is 2. The highest BCUT2D eigenvalue weighted by Gasteiger charge is 2.28. The maximum atomic E-state index is 13.1. The van der Waals surface area contributed by atoms with Crippen molar-refractivity contribution in [2.45, 2.75) is 65.5 Å². The molecule has 0 aliphatic heterocycles. The van der Waals surface area contributed by atoms with Crippen molar-refractivity contribution in [1.82, 2.24) is 10.2 Å². The fraction of sp³-hybridized carbons (Fsp3) is 0.462. The Morgan fingerprint density at radius 3 is 2.19 bits per heavy atom. The Bertz CT molecular complexity index is 826. The van der Waals surface area contributed by atoms with Crippen LogP contribution < -0.4 is 10.1 Å². The van der Waals surface area contributed by atoms with Crippen LogP contribution in [-0.4, -0.2) is 35.9 Å². The molecule has 0 saturated carbocycles. The zero-order chi connectivity index (χ0) is 22.9. The van der Waals surface area contributed by atoms with Crippen LogP contribution in [0.4, 0.5) is 0 Å². The zero-order valence-corrected chi connectivity index (χ0v) is 19.5. The molecule has 0 radical (unpaired) electrons. The molecule has 0 aromatic heterocycles. The van der Waals surface area contributed by atoms with E-state index in [2.05, 4.69) is 26.1 Å². The number of carbonyl (C=O) groups is 2. The van der Waals surface area contributed by atoms with Crippen LogP contribution in [0.2, 0.25) is 0 Å². The number of nitrogens with zero attached hydrogens (tertiary/aromatic N) is 1. The number of hydrogen-bond donors (Lipinski definition) is 1. The Hall–Kier alpha value is -2.82. The van der Waals surface area contributed by atoms with Crippen LogP contribution in [0.25, 0.3) is 0 Å². The van der Waals surface area contributed by atoms with Gasteiger partial charge in [-0.3, -0.25) is 9.59 Å². The number of benzene rings is 2. The molecule has 1 unspecified atom stereocenters. The number of rotatable bonds is 10. The minimum absolute atomic E-state index is 0.0566. The van der Waals surface area contributed by atoms with E-state index in [1.165, 1.54) is 5.56 Å². The molecule has 31 heavy (non-hydrogen) atoms. The van der Waals surface area contributed by atoms with Crippen molar-refractivity contribution >= 4 is 11.8 Å². The van der Waals surface area contributed by atoms with Gasteiger partial charge in [-0.2, -0.15) is 0 Å². The maximum absolute atomic E-state index is 13.1. The van der Waals surface area contributed by atoms with Crippen LogP contribution in [0.3, 0.4) is 0 Å². The number of nitrogens with one attached hydrogen (secondary N) is 1. The van der Waals surface area contributed by atoms with Gasteiger partial charge in [0.25, 0.3) is 5.91 Å². The molecule has 0 aliphatic rings. The van der Waals surface area contributed by atoms with Crippen molar-refractivity contribution in [1.29, 1.82) is 0 Å². The summed E-state index contributed by atoms with van der Waals surface area (Å²) in [5.74, 6) is 0.315. The molecule has 2 aromatic carbocycles. The van der Waals surface area contributed by atoms with Crippen molar-refractivity contribution in [2.24, 2.45) is 0 Å². The van der Waals surface area contributed by atoms with Gasteiger partial charge in [-0.1, -0.05) is 77.1 Å². The van der Waals surface area contributed by atoms with E-state index in [0.29, 0.717) is 25.3 Å². The Balaban J connectivity index is 2.14. The van der Waals surface area contributed by atoms with Gasteiger partial charge in [0.05, 0.1) is 0 Å². The fourth-order valence-corrected chi connectivity index (χ4v) is 3.34. The van der Waals surface area contributed by atoms with Crippen molar-refractivity contribution in [3.05, 3.63) is 65.7 Å². The van der Waals surface area contributed by atoms with E-state index >= 15 is 0 Å². The molecule has 1 atom stereocenters. The second kappa shape index (κ2) is 11.5. The number of hydrogen-bond acceptors (Lipinski definition) is 3. The van der Waals surface area contributed by atoms with Gasteiger partial charge < -0.3 is 15.0 Å². The SMILES string of the molecule is CCCNC(=O)C(CC)N(Cc1ccccc1)C(=O)COc1ccc(C(C)(C)C)cc1. The predicted octanol–water partition coefficient (Wildman–Crippen LogP) is 4.70. The second-order valence-electron chi connectivity index (χ2n) is 8.79. The number of carbonyl (C=O) groups excluding carboxylic acids is 2. The molecule has 0 bridgehead atoms. The summed E-state index contributed by atoms with van der Waals surface area (Å²) in [6.07, 6.45) is 1.39. The second-order valence-corrected chi connectivity index (χ2v) is 8.79.